The molecule has 1 amide bonds. The normalized spacial score (nSPS) is 18.6. The molecular formula is C15H18N2O2S. The first kappa shape index (κ1) is 14.5. The Morgan fingerprint density at radius 3 is 2.80 bits per heavy atom. The molecule has 0 atom stereocenters. The van der Waals surface area contributed by atoms with Gasteiger partial charge in [-0.3, -0.25) is 9.69 Å². The Morgan fingerprint density at radius 2 is 2.20 bits per heavy atom. The molecular weight excluding hydrogens is 272 g/mol. The summed E-state index contributed by atoms with van der Waals surface area (Å²) in [5.74, 6) is 0.756. The van der Waals surface area contributed by atoms with Crippen molar-refractivity contribution in [2.24, 2.45) is 0 Å². The molecule has 0 bridgehead atoms. The van der Waals surface area contributed by atoms with Crippen LogP contribution in [0.25, 0.3) is 6.08 Å². The Morgan fingerprint density at radius 1 is 1.40 bits per heavy atom. The molecule has 1 saturated heterocycles. The van der Waals surface area contributed by atoms with E-state index in [0.29, 0.717) is 18.2 Å². The van der Waals surface area contributed by atoms with E-state index in [1.807, 2.05) is 49.1 Å². The Balaban J connectivity index is 2.17. The Labute approximate surface area is 124 Å². The van der Waals surface area contributed by atoms with Gasteiger partial charge in [0.05, 0.1) is 12.8 Å². The summed E-state index contributed by atoms with van der Waals surface area (Å²) >= 11 is 5.33. The monoisotopic (exact) mass is 290 g/mol. The predicted octanol–water partition coefficient (Wildman–Crippen LogP) is 2.69. The first-order valence-electron chi connectivity index (χ1n) is 6.68. The number of likely N-dealkylation sites (N-methyl/N-ethyl adjacent to an activating group) is 2. The van der Waals surface area contributed by atoms with Crippen LogP contribution in [0.5, 0.6) is 0 Å². The largest absolute Gasteiger partial charge is 0.465 e. The molecule has 20 heavy (non-hydrogen) atoms. The Bertz CT molecular complexity index is 546. The van der Waals surface area contributed by atoms with Crippen molar-refractivity contribution in [2.75, 3.05) is 19.6 Å². The predicted molar refractivity (Wildman–Crippen MR) is 83.1 cm³/mol. The van der Waals surface area contributed by atoms with E-state index in [0.717, 1.165) is 17.9 Å². The number of rotatable bonds is 4. The Hall–Kier alpha value is -1.88. The van der Waals surface area contributed by atoms with Crippen LogP contribution in [0.1, 0.15) is 19.6 Å². The maximum Gasteiger partial charge on any atom is 0.257 e. The van der Waals surface area contributed by atoms with Gasteiger partial charge in [0.25, 0.3) is 5.91 Å². The van der Waals surface area contributed by atoms with Gasteiger partial charge in [0, 0.05) is 18.7 Å². The average Bonchev–Trinajstić information content (AvgIpc) is 2.95. The number of allylic oxidation sites excluding steroid dienone is 2. The topological polar surface area (TPSA) is 36.7 Å². The van der Waals surface area contributed by atoms with Crippen molar-refractivity contribution in [1.82, 2.24) is 9.80 Å². The van der Waals surface area contributed by atoms with E-state index in [2.05, 4.69) is 0 Å². The number of hydrogen-bond donors (Lipinski definition) is 0. The van der Waals surface area contributed by atoms with Crippen molar-refractivity contribution < 1.29 is 9.21 Å². The van der Waals surface area contributed by atoms with E-state index >= 15 is 0 Å². The molecule has 1 aliphatic rings. The lowest BCUT2D eigenvalue weighted by Crippen LogP contribution is -2.53. The summed E-state index contributed by atoms with van der Waals surface area (Å²) in [5.41, 5.74) is 0.741. The number of carbonyl (C=O) groups is 1. The van der Waals surface area contributed by atoms with E-state index in [1.165, 1.54) is 0 Å². The van der Waals surface area contributed by atoms with Gasteiger partial charge in [-0.15, -0.1) is 0 Å². The maximum atomic E-state index is 12.3. The fraction of sp³-hybridized carbons (Fsp3) is 0.333. The molecule has 1 aromatic rings. The van der Waals surface area contributed by atoms with Crippen molar-refractivity contribution in [1.29, 1.82) is 0 Å². The summed E-state index contributed by atoms with van der Waals surface area (Å²) in [4.78, 5) is 16.0. The van der Waals surface area contributed by atoms with Crippen molar-refractivity contribution in [2.45, 2.75) is 13.8 Å². The molecule has 0 radical (unpaired) electrons. The van der Waals surface area contributed by atoms with Gasteiger partial charge in [-0.2, -0.15) is 0 Å². The second kappa shape index (κ2) is 6.52. The van der Waals surface area contributed by atoms with Crippen LogP contribution in [0.4, 0.5) is 0 Å². The van der Waals surface area contributed by atoms with Crippen molar-refractivity contribution in [3.8, 4) is 0 Å². The molecule has 1 aliphatic heterocycles. The second-order valence-electron chi connectivity index (χ2n) is 4.41. The summed E-state index contributed by atoms with van der Waals surface area (Å²) in [6, 6.07) is 3.69. The van der Waals surface area contributed by atoms with Crippen LogP contribution in [0.2, 0.25) is 0 Å². The zero-order chi connectivity index (χ0) is 14.5. The standard InChI is InChI=1S/C15H18N2O2S/c1-3-16-11-12(14(18)17(4-2)15(16)20)7-5-8-13-9-6-10-19-13/h5-10H,3-4,11H2,1-2H3. The van der Waals surface area contributed by atoms with Crippen LogP contribution in [0.15, 0.2) is 40.5 Å². The zero-order valence-corrected chi connectivity index (χ0v) is 12.5. The van der Waals surface area contributed by atoms with E-state index in [1.54, 1.807) is 11.2 Å². The highest BCUT2D eigenvalue weighted by Gasteiger charge is 2.30. The third-order valence-electron chi connectivity index (χ3n) is 3.18. The molecule has 0 aromatic carbocycles. The lowest BCUT2D eigenvalue weighted by Gasteiger charge is -2.37. The number of nitrogens with zero attached hydrogens (tertiary/aromatic N) is 2. The van der Waals surface area contributed by atoms with Gasteiger partial charge >= 0.3 is 0 Å². The molecule has 0 N–H and O–H groups in total. The van der Waals surface area contributed by atoms with Crippen LogP contribution in [0.3, 0.4) is 0 Å². The molecule has 106 valence electrons. The molecule has 2 heterocycles. The lowest BCUT2D eigenvalue weighted by molar-refractivity contribution is -0.124. The van der Waals surface area contributed by atoms with E-state index in [9.17, 15) is 4.79 Å². The Kier molecular flexibility index (Phi) is 4.74. The highest BCUT2D eigenvalue weighted by Crippen LogP contribution is 2.16. The molecule has 5 heteroatoms. The third-order valence-corrected chi connectivity index (χ3v) is 3.66. The van der Waals surface area contributed by atoms with Crippen LogP contribution in [-0.2, 0) is 4.79 Å². The van der Waals surface area contributed by atoms with Gasteiger partial charge in [-0.1, -0.05) is 12.2 Å². The summed E-state index contributed by atoms with van der Waals surface area (Å²) in [6.45, 7) is 5.91. The zero-order valence-electron chi connectivity index (χ0n) is 11.7. The van der Waals surface area contributed by atoms with Gasteiger partial charge in [0.15, 0.2) is 5.11 Å². The smallest absolute Gasteiger partial charge is 0.257 e. The summed E-state index contributed by atoms with van der Waals surface area (Å²) in [5, 5.41) is 0.618. The fourth-order valence-electron chi connectivity index (χ4n) is 2.07. The van der Waals surface area contributed by atoms with Crippen LogP contribution < -0.4 is 0 Å². The minimum Gasteiger partial charge on any atom is -0.465 e. The molecule has 0 spiro atoms. The molecule has 2 rings (SSSR count). The van der Waals surface area contributed by atoms with Gasteiger partial charge in [0.2, 0.25) is 0 Å². The first-order valence-corrected chi connectivity index (χ1v) is 7.09. The van der Waals surface area contributed by atoms with Crippen LogP contribution in [-0.4, -0.2) is 40.5 Å². The number of hydrogen-bond acceptors (Lipinski definition) is 3. The SMILES string of the molecule is CCN1CC(=CC=Cc2ccco2)C(=O)N(CC)C1=S. The minimum atomic E-state index is -0.00806. The van der Waals surface area contributed by atoms with Gasteiger partial charge in [-0.25, -0.2) is 0 Å². The highest BCUT2D eigenvalue weighted by molar-refractivity contribution is 7.80. The maximum absolute atomic E-state index is 12.3. The number of furan rings is 1. The second-order valence-corrected chi connectivity index (χ2v) is 4.78. The number of thiocarbonyl (C=S) groups is 1. The van der Waals surface area contributed by atoms with Crippen LogP contribution in [0, 0.1) is 0 Å². The van der Waals surface area contributed by atoms with E-state index < -0.39 is 0 Å². The fourth-order valence-corrected chi connectivity index (χ4v) is 2.47. The van der Waals surface area contributed by atoms with Gasteiger partial charge in [0.1, 0.15) is 5.76 Å². The lowest BCUT2D eigenvalue weighted by atomic mass is 10.1. The van der Waals surface area contributed by atoms with E-state index in [4.69, 9.17) is 16.6 Å². The van der Waals surface area contributed by atoms with E-state index in [-0.39, 0.29) is 5.91 Å². The quantitative estimate of drug-likeness (QED) is 0.631. The summed E-state index contributed by atoms with van der Waals surface area (Å²) in [6.07, 6.45) is 7.12. The molecule has 1 aromatic heterocycles. The molecule has 1 fully saturated rings. The van der Waals surface area contributed by atoms with Crippen molar-refractivity contribution in [3.63, 3.8) is 0 Å². The van der Waals surface area contributed by atoms with Gasteiger partial charge < -0.3 is 9.32 Å². The molecule has 0 saturated carbocycles. The summed E-state index contributed by atoms with van der Waals surface area (Å²) < 4.78 is 5.21. The minimum absolute atomic E-state index is 0.00806. The molecule has 0 aliphatic carbocycles. The van der Waals surface area contributed by atoms with Gasteiger partial charge in [-0.05, 0) is 44.3 Å². The molecule has 0 unspecified atom stereocenters. The summed E-state index contributed by atoms with van der Waals surface area (Å²) in [7, 11) is 0. The number of carbonyl (C=O) groups excluding carboxylic acids is 1. The average molecular weight is 290 g/mol. The highest BCUT2D eigenvalue weighted by atomic mass is 32.1. The number of amides is 1. The van der Waals surface area contributed by atoms with Crippen LogP contribution >= 0.6 is 12.2 Å². The molecule has 4 nitrogen and oxygen atoms in total. The van der Waals surface area contributed by atoms with Crippen molar-refractivity contribution in [3.05, 3.63) is 41.9 Å². The van der Waals surface area contributed by atoms with Crippen molar-refractivity contribution >= 4 is 29.3 Å². The first-order chi connectivity index (χ1) is 9.67. The third kappa shape index (κ3) is 2.99.